The molecule has 0 heterocycles. The summed E-state index contributed by atoms with van der Waals surface area (Å²) in [4.78, 5) is 0. The molecule has 0 spiro atoms. The Morgan fingerprint density at radius 3 is 2.25 bits per heavy atom. The molecule has 0 aliphatic heterocycles. The van der Waals surface area contributed by atoms with E-state index in [-0.39, 0.29) is 88.4 Å². The molecule has 0 aromatic heterocycles. The van der Waals surface area contributed by atoms with Crippen molar-refractivity contribution in [1.82, 2.24) is 0 Å². The maximum absolute atomic E-state index is 11.3. The average molecular weight is 623 g/mol. The molecule has 40 heavy (non-hydrogen) atoms. The molecule has 3 unspecified atom stereocenters. The zero-order chi connectivity index (χ0) is 28.1. The number of aliphatic hydroxyl groups is 1. The Bertz CT molecular complexity index is 1110. The van der Waals surface area contributed by atoms with E-state index in [9.17, 15) is 31.0 Å². The Kier molecular flexibility index (Phi) is 13.4. The zero-order valence-corrected chi connectivity index (χ0v) is 30.6. The van der Waals surface area contributed by atoms with Gasteiger partial charge in [0.25, 0.3) is 0 Å². The molecular weight excluding hydrogens is 578 g/mol. The molecule has 220 valence electrons. The smallest absolute Gasteiger partial charge is 0.726 e. The van der Waals surface area contributed by atoms with Crippen LogP contribution in [0.1, 0.15) is 91.9 Å². The summed E-state index contributed by atoms with van der Waals surface area (Å²) in [6.07, 6.45) is 8.45. The van der Waals surface area contributed by atoms with Crippen molar-refractivity contribution >= 4 is 20.8 Å². The summed E-state index contributed by atoms with van der Waals surface area (Å²) < 4.78 is 77.0. The molecule has 0 radical (unpaired) electrons. The molecule has 0 aromatic carbocycles. The van der Waals surface area contributed by atoms with Gasteiger partial charge in [0.1, 0.15) is 12.2 Å². The maximum Gasteiger partial charge on any atom is 1.00 e. The van der Waals surface area contributed by atoms with Crippen molar-refractivity contribution in [1.29, 1.82) is 0 Å². The van der Waals surface area contributed by atoms with Crippen LogP contribution in [-0.2, 0) is 29.2 Å². The van der Waals surface area contributed by atoms with E-state index in [0.29, 0.717) is 36.5 Å². The molecule has 3 saturated carbocycles. The molecule has 4 aliphatic rings. The summed E-state index contributed by atoms with van der Waals surface area (Å²) in [5.74, 6) is 2.01. The zero-order valence-electron chi connectivity index (χ0n) is 25.0. The third-order valence-electron chi connectivity index (χ3n) is 10.8. The van der Waals surface area contributed by atoms with Crippen molar-refractivity contribution in [3.05, 3.63) is 11.6 Å². The summed E-state index contributed by atoms with van der Waals surface area (Å²) in [5.41, 5.74) is 0.527. The van der Waals surface area contributed by atoms with Gasteiger partial charge in [0, 0.05) is 0 Å². The Balaban J connectivity index is 0.00000280. The van der Waals surface area contributed by atoms with Gasteiger partial charge in [-0.15, -0.1) is 0 Å². The average Bonchev–Trinajstić information content (AvgIpc) is 3.14. The van der Waals surface area contributed by atoms with E-state index >= 15 is 0 Å². The topological polar surface area (TPSA) is 153 Å². The fraction of sp³-hybridized carbons (Fsp3) is 0.926. The van der Waals surface area contributed by atoms with E-state index in [1.807, 2.05) is 0 Å². The number of hydrogen-bond acceptors (Lipinski definition) is 9. The molecule has 0 aromatic rings. The van der Waals surface area contributed by atoms with Crippen LogP contribution in [-0.4, -0.2) is 49.9 Å². The number of fused-ring (bicyclic) bond motifs is 5. The third kappa shape index (κ3) is 8.17. The first-order chi connectivity index (χ1) is 17.6. The predicted molar refractivity (Wildman–Crippen MR) is 139 cm³/mol. The van der Waals surface area contributed by atoms with Crippen LogP contribution in [0.4, 0.5) is 0 Å². The molecule has 0 amide bonds. The maximum atomic E-state index is 11.3. The van der Waals surface area contributed by atoms with E-state index < -0.39 is 33.0 Å². The van der Waals surface area contributed by atoms with Gasteiger partial charge in [0.05, 0.1) is 6.61 Å². The molecule has 9 nitrogen and oxygen atoms in total. The molecule has 4 rings (SSSR count). The van der Waals surface area contributed by atoms with Gasteiger partial charge < -0.3 is 14.2 Å². The quantitative estimate of drug-likeness (QED) is 0.130. The van der Waals surface area contributed by atoms with Gasteiger partial charge in [-0.25, -0.2) is 16.8 Å². The molecule has 13 heteroatoms. The van der Waals surface area contributed by atoms with Gasteiger partial charge in [-0.2, -0.15) is 0 Å². The molecule has 0 saturated heterocycles. The Morgan fingerprint density at radius 1 is 0.975 bits per heavy atom. The summed E-state index contributed by atoms with van der Waals surface area (Å²) in [7, 11) is -9.65. The van der Waals surface area contributed by atoms with E-state index in [1.54, 1.807) is 0 Å². The van der Waals surface area contributed by atoms with Gasteiger partial charge in [-0.05, 0) is 103 Å². The summed E-state index contributed by atoms with van der Waals surface area (Å²) >= 11 is 0. The second-order valence-electron chi connectivity index (χ2n) is 13.2. The van der Waals surface area contributed by atoms with Gasteiger partial charge >= 0.3 is 59.1 Å². The Labute approximate surface area is 285 Å². The monoisotopic (exact) mass is 622 g/mol. The summed E-state index contributed by atoms with van der Waals surface area (Å²) in [6, 6.07) is 0. The van der Waals surface area contributed by atoms with E-state index in [1.165, 1.54) is 0 Å². The van der Waals surface area contributed by atoms with E-state index in [2.05, 4.69) is 38.0 Å². The van der Waals surface area contributed by atoms with Crippen molar-refractivity contribution in [2.24, 2.45) is 46.3 Å². The van der Waals surface area contributed by atoms with Crippen molar-refractivity contribution in [2.75, 3.05) is 6.61 Å². The number of aliphatic hydroxyl groups excluding tert-OH is 1. The largest absolute Gasteiger partial charge is 1.00 e. The van der Waals surface area contributed by atoms with Crippen molar-refractivity contribution in [3.63, 3.8) is 0 Å². The van der Waals surface area contributed by atoms with Crippen LogP contribution in [0.2, 0.25) is 0 Å². The van der Waals surface area contributed by atoms with Crippen LogP contribution in [0.5, 0.6) is 0 Å². The van der Waals surface area contributed by atoms with Crippen molar-refractivity contribution in [3.8, 4) is 0 Å². The molecular formula is C27H44Na2O9S2. The second kappa shape index (κ2) is 14.3. The van der Waals surface area contributed by atoms with E-state index in [0.717, 1.165) is 56.9 Å². The molecule has 1 N–H and O–H groups in total. The minimum Gasteiger partial charge on any atom is -0.726 e. The van der Waals surface area contributed by atoms with Gasteiger partial charge in [-0.3, -0.25) is 8.37 Å². The number of allylic oxidation sites excluding steroid dienone is 1. The number of rotatable bonds is 10. The Hall–Kier alpha value is 1.44. The third-order valence-corrected chi connectivity index (χ3v) is 11.7. The SMILES string of the molecule is CC(C)CCC[C@@H](COS(=O)(=O)[O-])[C@H]1CCC2C3CC=C4[C@@H](O)[C@H](OS(=O)(=O)[O-])CC[C@]4(C)C3CC[C@@]21C.[Na+].[Na+]. The van der Waals surface area contributed by atoms with Crippen molar-refractivity contribution < 1.29 is 98.5 Å². The fourth-order valence-corrected chi connectivity index (χ4v) is 9.98. The van der Waals surface area contributed by atoms with Crippen LogP contribution in [0.25, 0.3) is 0 Å². The predicted octanol–water partition coefficient (Wildman–Crippen LogP) is -1.69. The summed E-state index contributed by atoms with van der Waals surface area (Å²) in [6.45, 7) is 8.79. The second-order valence-corrected chi connectivity index (χ2v) is 15.3. The fourth-order valence-electron chi connectivity index (χ4n) is 9.13. The molecule has 0 bridgehead atoms. The van der Waals surface area contributed by atoms with Gasteiger partial charge in [0.15, 0.2) is 0 Å². The standard InChI is InChI=1S/C27H46O9S2.2Na/c1-17(2)6-5-7-18(16-35-37(29,30)31)20-10-11-21-19-8-9-23-25(28)24(36-38(32,33)34)13-15-27(23,4)22(19)12-14-26(20,21)3;;/h9,17-22,24-25,28H,5-8,10-16H2,1-4H3,(H,29,30,31)(H,32,33,34);;/q;2*+1/p-2/t18-,19?,20+,21?,22?,24+,25+,26+,27+;;/m0../s1. The van der Waals surface area contributed by atoms with Crippen LogP contribution in [0.15, 0.2) is 11.6 Å². The van der Waals surface area contributed by atoms with Gasteiger partial charge in [-0.1, -0.05) is 46.6 Å². The van der Waals surface area contributed by atoms with E-state index in [4.69, 9.17) is 4.18 Å². The number of hydrogen-bond donors (Lipinski definition) is 1. The minimum absolute atomic E-state index is 0. The minimum atomic E-state index is -4.90. The first kappa shape index (κ1) is 37.6. The Morgan fingerprint density at radius 2 is 1.65 bits per heavy atom. The molecule has 9 atom stereocenters. The van der Waals surface area contributed by atoms with Crippen LogP contribution < -0.4 is 59.1 Å². The van der Waals surface area contributed by atoms with Crippen LogP contribution in [0, 0.1) is 46.3 Å². The molecule has 3 fully saturated rings. The van der Waals surface area contributed by atoms with Crippen molar-refractivity contribution in [2.45, 2.75) is 104 Å². The van der Waals surface area contributed by atoms with Crippen LogP contribution in [0.3, 0.4) is 0 Å². The first-order valence-electron chi connectivity index (χ1n) is 14.2. The van der Waals surface area contributed by atoms with Crippen LogP contribution >= 0.6 is 0 Å². The first-order valence-corrected chi connectivity index (χ1v) is 16.8. The molecule has 4 aliphatic carbocycles. The van der Waals surface area contributed by atoms with Gasteiger partial charge in [0.2, 0.25) is 20.8 Å². The summed E-state index contributed by atoms with van der Waals surface area (Å²) in [5, 5.41) is 11.0. The normalized spacial score (nSPS) is 38.2.